The highest BCUT2D eigenvalue weighted by molar-refractivity contribution is 9.10. The second-order valence-electron chi connectivity index (χ2n) is 5.93. The Hall–Kier alpha value is -1.11. The first-order valence-corrected chi connectivity index (χ1v) is 8.99. The van der Waals surface area contributed by atoms with Crippen molar-refractivity contribution in [3.05, 3.63) is 28.2 Å². The first kappa shape index (κ1) is 18.2. The molecule has 1 atom stereocenters. The summed E-state index contributed by atoms with van der Waals surface area (Å²) in [5.41, 5.74) is 1.15. The Morgan fingerprint density at radius 3 is 2.87 bits per heavy atom. The Morgan fingerprint density at radius 1 is 1.43 bits per heavy atom. The molecule has 0 aliphatic carbocycles. The maximum absolute atomic E-state index is 12.1. The van der Waals surface area contributed by atoms with Gasteiger partial charge in [0.05, 0.1) is 4.47 Å². The molecular weight excluding hydrogens is 358 g/mol. The molecule has 1 fully saturated rings. The monoisotopic (exact) mass is 383 g/mol. The topological polar surface area (TPSA) is 53.6 Å². The number of piperazine rings is 1. The molecule has 1 heterocycles. The number of carbonyl (C=O) groups excluding carboxylic acids is 1. The van der Waals surface area contributed by atoms with Crippen molar-refractivity contribution in [2.24, 2.45) is 0 Å². The van der Waals surface area contributed by atoms with E-state index in [2.05, 4.69) is 31.5 Å². The number of aryl methyl sites for hydroxylation is 1. The first-order chi connectivity index (χ1) is 11.1. The third kappa shape index (κ3) is 6.12. The van der Waals surface area contributed by atoms with Crippen molar-refractivity contribution in [2.75, 3.05) is 39.3 Å². The van der Waals surface area contributed by atoms with Crippen LogP contribution in [-0.2, 0) is 4.79 Å². The predicted octanol–water partition coefficient (Wildman–Crippen LogP) is 1.94. The standard InChI is InChI=1S/C17H26BrN3O2/c1-13-4-5-16(15(18)12-13)23-14(2)17(22)20-6-3-9-21-10-7-19-8-11-21/h4-5,12,14,19H,3,6-11H2,1-2H3,(H,20,22). The van der Waals surface area contributed by atoms with Crippen molar-refractivity contribution in [1.82, 2.24) is 15.5 Å². The van der Waals surface area contributed by atoms with E-state index >= 15 is 0 Å². The van der Waals surface area contributed by atoms with E-state index in [0.29, 0.717) is 12.3 Å². The van der Waals surface area contributed by atoms with Crippen LogP contribution in [0.2, 0.25) is 0 Å². The largest absolute Gasteiger partial charge is 0.480 e. The molecule has 1 aliphatic rings. The molecule has 0 saturated carbocycles. The average Bonchev–Trinajstić information content (AvgIpc) is 2.55. The fourth-order valence-corrected chi connectivity index (χ4v) is 3.12. The summed E-state index contributed by atoms with van der Waals surface area (Å²) in [7, 11) is 0. The number of rotatable bonds is 7. The Morgan fingerprint density at radius 2 is 2.17 bits per heavy atom. The van der Waals surface area contributed by atoms with Crippen molar-refractivity contribution < 1.29 is 9.53 Å². The van der Waals surface area contributed by atoms with Gasteiger partial charge in [0.1, 0.15) is 5.75 Å². The lowest BCUT2D eigenvalue weighted by molar-refractivity contribution is -0.127. The molecule has 1 aromatic carbocycles. The van der Waals surface area contributed by atoms with E-state index in [0.717, 1.165) is 49.2 Å². The van der Waals surface area contributed by atoms with Crippen LogP contribution in [0.4, 0.5) is 0 Å². The number of amides is 1. The smallest absolute Gasteiger partial charge is 0.260 e. The lowest BCUT2D eigenvalue weighted by Gasteiger charge is -2.27. The van der Waals surface area contributed by atoms with E-state index in [4.69, 9.17) is 4.74 Å². The third-order valence-electron chi connectivity index (χ3n) is 3.92. The van der Waals surface area contributed by atoms with Gasteiger partial charge in [-0.1, -0.05) is 6.07 Å². The van der Waals surface area contributed by atoms with Gasteiger partial charge in [0.25, 0.3) is 5.91 Å². The molecule has 5 nitrogen and oxygen atoms in total. The summed E-state index contributed by atoms with van der Waals surface area (Å²) < 4.78 is 6.60. The molecule has 1 amide bonds. The highest BCUT2D eigenvalue weighted by Crippen LogP contribution is 2.26. The summed E-state index contributed by atoms with van der Waals surface area (Å²) in [6.45, 7) is 9.81. The normalized spacial score (nSPS) is 16.8. The molecular formula is C17H26BrN3O2. The van der Waals surface area contributed by atoms with Crippen molar-refractivity contribution in [2.45, 2.75) is 26.4 Å². The second-order valence-corrected chi connectivity index (χ2v) is 6.78. The van der Waals surface area contributed by atoms with Gasteiger partial charge in [0.2, 0.25) is 0 Å². The van der Waals surface area contributed by atoms with Crippen LogP contribution in [0.5, 0.6) is 5.75 Å². The number of hydrogen-bond acceptors (Lipinski definition) is 4. The molecule has 23 heavy (non-hydrogen) atoms. The minimum atomic E-state index is -0.506. The second kappa shape index (κ2) is 9.25. The van der Waals surface area contributed by atoms with Crippen LogP contribution >= 0.6 is 15.9 Å². The fraction of sp³-hybridized carbons (Fsp3) is 0.588. The molecule has 1 aromatic rings. The van der Waals surface area contributed by atoms with E-state index in [9.17, 15) is 4.79 Å². The zero-order chi connectivity index (χ0) is 16.7. The Balaban J connectivity index is 1.68. The van der Waals surface area contributed by atoms with Gasteiger partial charge in [-0.2, -0.15) is 0 Å². The van der Waals surface area contributed by atoms with Gasteiger partial charge in [0.15, 0.2) is 6.10 Å². The zero-order valence-electron chi connectivity index (χ0n) is 13.9. The van der Waals surface area contributed by atoms with Crippen LogP contribution in [-0.4, -0.2) is 56.2 Å². The van der Waals surface area contributed by atoms with Gasteiger partial charge < -0.3 is 20.3 Å². The number of nitrogens with one attached hydrogen (secondary N) is 2. The summed E-state index contributed by atoms with van der Waals surface area (Å²) >= 11 is 3.47. The summed E-state index contributed by atoms with van der Waals surface area (Å²) in [4.78, 5) is 14.5. The van der Waals surface area contributed by atoms with Gasteiger partial charge in [-0.3, -0.25) is 4.79 Å². The molecule has 1 saturated heterocycles. The van der Waals surface area contributed by atoms with E-state index in [1.54, 1.807) is 6.92 Å². The highest BCUT2D eigenvalue weighted by Gasteiger charge is 2.16. The number of carbonyl (C=O) groups is 1. The maximum Gasteiger partial charge on any atom is 0.260 e. The highest BCUT2D eigenvalue weighted by atomic mass is 79.9. The third-order valence-corrected chi connectivity index (χ3v) is 4.54. The predicted molar refractivity (Wildman–Crippen MR) is 95.9 cm³/mol. The molecule has 0 bridgehead atoms. The number of benzene rings is 1. The van der Waals surface area contributed by atoms with Gasteiger partial charge in [-0.15, -0.1) is 0 Å². The minimum Gasteiger partial charge on any atom is -0.480 e. The number of nitrogens with zero attached hydrogens (tertiary/aromatic N) is 1. The SMILES string of the molecule is Cc1ccc(OC(C)C(=O)NCCCN2CCNCC2)c(Br)c1. The lowest BCUT2D eigenvalue weighted by atomic mass is 10.2. The van der Waals surface area contributed by atoms with Crippen LogP contribution in [0.1, 0.15) is 18.9 Å². The van der Waals surface area contributed by atoms with Crippen molar-refractivity contribution in [1.29, 1.82) is 0 Å². The van der Waals surface area contributed by atoms with E-state index in [1.165, 1.54) is 0 Å². The number of hydrogen-bond donors (Lipinski definition) is 2. The summed E-state index contributed by atoms with van der Waals surface area (Å²) in [5, 5.41) is 6.29. The van der Waals surface area contributed by atoms with Crippen LogP contribution in [0.25, 0.3) is 0 Å². The molecule has 128 valence electrons. The molecule has 0 radical (unpaired) electrons. The fourth-order valence-electron chi connectivity index (χ4n) is 2.54. The molecule has 0 aromatic heterocycles. The zero-order valence-corrected chi connectivity index (χ0v) is 15.5. The first-order valence-electron chi connectivity index (χ1n) is 8.20. The van der Waals surface area contributed by atoms with Crippen LogP contribution in [0.3, 0.4) is 0 Å². The van der Waals surface area contributed by atoms with E-state index < -0.39 is 6.10 Å². The Labute approximate surface area is 146 Å². The van der Waals surface area contributed by atoms with Gasteiger partial charge in [0, 0.05) is 32.7 Å². The van der Waals surface area contributed by atoms with Crippen molar-refractivity contribution in [3.63, 3.8) is 0 Å². The maximum atomic E-state index is 12.1. The van der Waals surface area contributed by atoms with Crippen molar-refractivity contribution in [3.8, 4) is 5.75 Å². The molecule has 1 aliphatic heterocycles. The molecule has 6 heteroatoms. The van der Waals surface area contributed by atoms with Gasteiger partial charge >= 0.3 is 0 Å². The van der Waals surface area contributed by atoms with Crippen LogP contribution < -0.4 is 15.4 Å². The summed E-state index contributed by atoms with van der Waals surface area (Å²) in [5.74, 6) is 0.622. The Bertz CT molecular complexity index is 519. The molecule has 0 spiro atoms. The summed E-state index contributed by atoms with van der Waals surface area (Å²) in [6, 6.07) is 5.83. The molecule has 1 unspecified atom stereocenters. The summed E-state index contributed by atoms with van der Waals surface area (Å²) in [6.07, 6.45) is 0.459. The van der Waals surface area contributed by atoms with E-state index in [1.807, 2.05) is 25.1 Å². The van der Waals surface area contributed by atoms with Crippen molar-refractivity contribution >= 4 is 21.8 Å². The Kier molecular flexibility index (Phi) is 7.33. The quantitative estimate of drug-likeness (QED) is 0.706. The lowest BCUT2D eigenvalue weighted by Crippen LogP contribution is -2.44. The molecule has 2 rings (SSSR count). The van der Waals surface area contributed by atoms with Crippen LogP contribution in [0.15, 0.2) is 22.7 Å². The van der Waals surface area contributed by atoms with Gasteiger partial charge in [-0.25, -0.2) is 0 Å². The van der Waals surface area contributed by atoms with Gasteiger partial charge in [-0.05, 0) is 60.4 Å². The number of halogens is 1. The molecule has 2 N–H and O–H groups in total. The average molecular weight is 384 g/mol. The minimum absolute atomic E-state index is 0.0715. The number of ether oxygens (including phenoxy) is 1. The van der Waals surface area contributed by atoms with Crippen LogP contribution in [0, 0.1) is 6.92 Å². The van der Waals surface area contributed by atoms with E-state index in [-0.39, 0.29) is 5.91 Å².